The predicted octanol–water partition coefficient (Wildman–Crippen LogP) is 2.32. The fourth-order valence-corrected chi connectivity index (χ4v) is 3.66. The number of benzene rings is 1. The van der Waals surface area contributed by atoms with Crippen LogP contribution < -0.4 is 10.0 Å². The van der Waals surface area contributed by atoms with Gasteiger partial charge in [0.1, 0.15) is 5.82 Å². The van der Waals surface area contributed by atoms with Crippen LogP contribution in [0.5, 0.6) is 0 Å². The molecule has 0 aromatic heterocycles. The monoisotopic (exact) mass is 356 g/mol. The van der Waals surface area contributed by atoms with Gasteiger partial charge in [0.15, 0.2) is 0 Å². The number of hydrogen-bond acceptors (Lipinski definition) is 3. The van der Waals surface area contributed by atoms with Crippen LogP contribution in [0.2, 0.25) is 5.02 Å². The summed E-state index contributed by atoms with van der Waals surface area (Å²) in [6.45, 7) is 2.27. The van der Waals surface area contributed by atoms with E-state index in [0.717, 1.165) is 25.9 Å². The summed E-state index contributed by atoms with van der Waals surface area (Å²) in [5, 5.41) is 3.18. The van der Waals surface area contributed by atoms with Crippen LogP contribution in [-0.2, 0) is 15.8 Å². The number of halogens is 3. The first kappa shape index (κ1) is 18.6. The lowest BCUT2D eigenvalue weighted by Gasteiger charge is -2.22. The Bertz CT molecular complexity index is 563. The molecule has 0 bridgehead atoms. The minimum atomic E-state index is -3.42. The summed E-state index contributed by atoms with van der Waals surface area (Å²) in [4.78, 5) is 0. The lowest BCUT2D eigenvalue weighted by molar-refractivity contribution is 0.376. The molecule has 4 nitrogen and oxygen atoms in total. The first-order chi connectivity index (χ1) is 9.46. The molecule has 1 unspecified atom stereocenters. The third-order valence-electron chi connectivity index (χ3n) is 3.33. The van der Waals surface area contributed by atoms with Gasteiger partial charge in [0, 0.05) is 6.54 Å². The van der Waals surface area contributed by atoms with Crippen LogP contribution in [0.4, 0.5) is 4.39 Å². The van der Waals surface area contributed by atoms with Crippen molar-refractivity contribution in [2.75, 3.05) is 19.6 Å². The van der Waals surface area contributed by atoms with Crippen molar-refractivity contribution in [3.8, 4) is 0 Å². The molecule has 8 heteroatoms. The highest BCUT2D eigenvalue weighted by molar-refractivity contribution is 7.88. The zero-order valence-electron chi connectivity index (χ0n) is 11.4. The Balaban J connectivity index is 0.00000220. The molecule has 0 spiro atoms. The van der Waals surface area contributed by atoms with Gasteiger partial charge >= 0.3 is 0 Å². The quantitative estimate of drug-likeness (QED) is 0.850. The van der Waals surface area contributed by atoms with Crippen LogP contribution >= 0.6 is 24.0 Å². The van der Waals surface area contributed by atoms with E-state index in [0.29, 0.717) is 18.0 Å². The summed E-state index contributed by atoms with van der Waals surface area (Å²) in [7, 11) is -3.42. The van der Waals surface area contributed by atoms with Gasteiger partial charge < -0.3 is 5.32 Å². The van der Waals surface area contributed by atoms with Crippen molar-refractivity contribution in [1.29, 1.82) is 0 Å². The molecule has 1 fully saturated rings. The molecule has 1 aromatic rings. The molecule has 0 saturated carbocycles. The predicted molar refractivity (Wildman–Crippen MR) is 84.9 cm³/mol. The van der Waals surface area contributed by atoms with E-state index in [-0.39, 0.29) is 23.2 Å². The first-order valence-electron chi connectivity index (χ1n) is 6.58. The van der Waals surface area contributed by atoms with Crippen LogP contribution in [0.3, 0.4) is 0 Å². The molecule has 0 aliphatic carbocycles. The smallest absolute Gasteiger partial charge is 0.215 e. The topological polar surface area (TPSA) is 58.2 Å². The van der Waals surface area contributed by atoms with Crippen LogP contribution in [0.25, 0.3) is 0 Å². The van der Waals surface area contributed by atoms with Crippen molar-refractivity contribution < 1.29 is 12.8 Å². The molecular formula is C13H19Cl2FN2O2S. The van der Waals surface area contributed by atoms with E-state index in [9.17, 15) is 12.8 Å². The lowest BCUT2D eigenvalue weighted by atomic mass is 10.0. The zero-order valence-corrected chi connectivity index (χ0v) is 13.8. The van der Waals surface area contributed by atoms with E-state index in [1.807, 2.05) is 0 Å². The minimum absolute atomic E-state index is 0. The summed E-state index contributed by atoms with van der Waals surface area (Å²) < 4.78 is 39.6. The molecule has 120 valence electrons. The van der Waals surface area contributed by atoms with E-state index < -0.39 is 15.8 Å². The van der Waals surface area contributed by atoms with E-state index in [1.165, 1.54) is 18.2 Å². The standard InChI is InChI=1S/C13H18ClFN2O2S.ClH/c14-12-6-10(3-4-13(12)15)9-20(18,19)17-8-11-2-1-5-16-7-11;/h3-4,6,11,16-17H,1-2,5,7-9H2;1H. The number of sulfonamides is 1. The molecule has 21 heavy (non-hydrogen) atoms. The van der Waals surface area contributed by atoms with E-state index in [4.69, 9.17) is 11.6 Å². The van der Waals surface area contributed by atoms with Crippen LogP contribution in [0.15, 0.2) is 18.2 Å². The van der Waals surface area contributed by atoms with Crippen molar-refractivity contribution in [3.05, 3.63) is 34.6 Å². The van der Waals surface area contributed by atoms with E-state index in [2.05, 4.69) is 10.0 Å². The summed E-state index contributed by atoms with van der Waals surface area (Å²) in [6, 6.07) is 3.96. The van der Waals surface area contributed by atoms with Gasteiger partial charge in [-0.3, -0.25) is 0 Å². The Labute approximate surface area is 135 Å². The highest BCUT2D eigenvalue weighted by atomic mass is 35.5. The highest BCUT2D eigenvalue weighted by Crippen LogP contribution is 2.17. The molecule has 1 heterocycles. The molecule has 1 aliphatic heterocycles. The largest absolute Gasteiger partial charge is 0.316 e. The summed E-state index contributed by atoms with van der Waals surface area (Å²) >= 11 is 5.64. The second kappa shape index (κ2) is 8.29. The van der Waals surface area contributed by atoms with Crippen LogP contribution in [0.1, 0.15) is 18.4 Å². The van der Waals surface area contributed by atoms with Crippen molar-refractivity contribution in [1.82, 2.24) is 10.0 Å². The third kappa shape index (κ3) is 6.08. The maximum atomic E-state index is 13.0. The maximum absolute atomic E-state index is 13.0. The third-order valence-corrected chi connectivity index (χ3v) is 4.94. The summed E-state index contributed by atoms with van der Waals surface area (Å²) in [6.07, 6.45) is 2.10. The number of piperidine rings is 1. The Kier molecular flexibility index (Phi) is 7.36. The van der Waals surface area contributed by atoms with Gasteiger partial charge in [0.25, 0.3) is 0 Å². The van der Waals surface area contributed by atoms with Gasteiger partial charge in [-0.1, -0.05) is 17.7 Å². The number of hydrogen-bond donors (Lipinski definition) is 2. The van der Waals surface area contributed by atoms with Gasteiger partial charge in [-0.15, -0.1) is 12.4 Å². The van der Waals surface area contributed by atoms with Crippen molar-refractivity contribution in [3.63, 3.8) is 0 Å². The van der Waals surface area contributed by atoms with E-state index >= 15 is 0 Å². The average molecular weight is 357 g/mol. The second-order valence-corrected chi connectivity index (χ2v) is 7.28. The molecule has 2 N–H and O–H groups in total. The minimum Gasteiger partial charge on any atom is -0.316 e. The fourth-order valence-electron chi connectivity index (χ4n) is 2.24. The molecule has 0 amide bonds. The van der Waals surface area contributed by atoms with Crippen LogP contribution in [-0.4, -0.2) is 28.1 Å². The Morgan fingerprint density at radius 1 is 1.43 bits per heavy atom. The SMILES string of the molecule is Cl.O=S(=O)(Cc1ccc(F)c(Cl)c1)NCC1CCCNC1. The van der Waals surface area contributed by atoms with Gasteiger partial charge in [0.05, 0.1) is 10.8 Å². The Morgan fingerprint density at radius 2 is 2.19 bits per heavy atom. The molecule has 1 aliphatic rings. The van der Waals surface area contributed by atoms with Gasteiger partial charge in [-0.05, 0) is 49.5 Å². The lowest BCUT2D eigenvalue weighted by Crippen LogP contribution is -2.38. The molecule has 1 saturated heterocycles. The molecule has 1 aromatic carbocycles. The molecule has 2 rings (SSSR count). The summed E-state index contributed by atoms with van der Waals surface area (Å²) in [5.41, 5.74) is 0.477. The fraction of sp³-hybridized carbons (Fsp3) is 0.538. The maximum Gasteiger partial charge on any atom is 0.215 e. The van der Waals surface area contributed by atoms with E-state index in [1.54, 1.807) is 0 Å². The van der Waals surface area contributed by atoms with Crippen molar-refractivity contribution in [2.45, 2.75) is 18.6 Å². The van der Waals surface area contributed by atoms with Gasteiger partial charge in [-0.25, -0.2) is 17.5 Å². The number of nitrogens with one attached hydrogen (secondary N) is 2. The molecule has 0 radical (unpaired) electrons. The van der Waals surface area contributed by atoms with Gasteiger partial charge in [-0.2, -0.15) is 0 Å². The first-order valence-corrected chi connectivity index (χ1v) is 8.61. The van der Waals surface area contributed by atoms with Gasteiger partial charge in [0.2, 0.25) is 10.0 Å². The van der Waals surface area contributed by atoms with Crippen LogP contribution in [0, 0.1) is 11.7 Å². The second-order valence-electron chi connectivity index (χ2n) is 5.07. The number of rotatable bonds is 5. The molecular weight excluding hydrogens is 338 g/mol. The normalized spacial score (nSPS) is 19.0. The van der Waals surface area contributed by atoms with Crippen molar-refractivity contribution >= 4 is 34.0 Å². The Hall–Kier alpha value is -0.400. The van der Waals surface area contributed by atoms with Crippen molar-refractivity contribution in [2.24, 2.45) is 5.92 Å². The zero-order chi connectivity index (χ0) is 14.6. The summed E-state index contributed by atoms with van der Waals surface area (Å²) in [5.74, 6) is -0.406. The highest BCUT2D eigenvalue weighted by Gasteiger charge is 2.17. The Morgan fingerprint density at radius 3 is 2.81 bits per heavy atom. The average Bonchev–Trinajstić information content (AvgIpc) is 2.42. The molecule has 1 atom stereocenters.